The number of benzene rings is 1. The summed E-state index contributed by atoms with van der Waals surface area (Å²) in [6.07, 6.45) is 0.244. The Kier molecular flexibility index (Phi) is 5.50. The molecule has 20 heavy (non-hydrogen) atoms. The maximum atomic E-state index is 12.9. The van der Waals surface area contributed by atoms with E-state index < -0.39 is 23.2 Å². The fourth-order valence-corrected chi connectivity index (χ4v) is 1.84. The molecule has 2 N–H and O–H groups in total. The van der Waals surface area contributed by atoms with Gasteiger partial charge in [0.2, 0.25) is 0 Å². The lowest BCUT2D eigenvalue weighted by Crippen LogP contribution is -2.53. The van der Waals surface area contributed by atoms with Crippen LogP contribution in [-0.4, -0.2) is 29.1 Å². The van der Waals surface area contributed by atoms with Gasteiger partial charge in [0.15, 0.2) is 6.61 Å². The highest BCUT2D eigenvalue weighted by Crippen LogP contribution is 2.25. The van der Waals surface area contributed by atoms with Crippen LogP contribution >= 0.6 is 15.9 Å². The third-order valence-corrected chi connectivity index (χ3v) is 3.47. The number of carboxylic acid groups (broad SMARTS) is 1. The summed E-state index contributed by atoms with van der Waals surface area (Å²) in [5.74, 6) is -1.81. The Morgan fingerprint density at radius 1 is 1.50 bits per heavy atom. The van der Waals surface area contributed by atoms with Crippen molar-refractivity contribution in [3.8, 4) is 5.75 Å². The second-order valence-electron chi connectivity index (χ2n) is 4.40. The van der Waals surface area contributed by atoms with Crippen LogP contribution in [0.5, 0.6) is 5.75 Å². The first-order valence-corrected chi connectivity index (χ1v) is 6.70. The normalized spacial score (nSPS) is 13.4. The molecule has 1 amide bonds. The Hall–Kier alpha value is -1.63. The molecule has 0 radical (unpaired) electrons. The van der Waals surface area contributed by atoms with E-state index in [9.17, 15) is 14.0 Å². The smallest absolute Gasteiger partial charge is 0.329 e. The van der Waals surface area contributed by atoms with Gasteiger partial charge in [-0.25, -0.2) is 9.18 Å². The molecule has 0 aliphatic heterocycles. The van der Waals surface area contributed by atoms with Crippen LogP contribution in [0, 0.1) is 5.82 Å². The third kappa shape index (κ3) is 4.19. The molecule has 1 atom stereocenters. The summed E-state index contributed by atoms with van der Waals surface area (Å²) < 4.78 is 18.5. The van der Waals surface area contributed by atoms with Crippen molar-refractivity contribution in [1.29, 1.82) is 0 Å². The molecule has 1 rings (SSSR count). The lowest BCUT2D eigenvalue weighted by atomic mass is 9.99. The molecule has 1 aromatic rings. The van der Waals surface area contributed by atoms with Crippen LogP contribution in [0.15, 0.2) is 22.7 Å². The Morgan fingerprint density at radius 3 is 2.65 bits per heavy atom. The summed E-state index contributed by atoms with van der Waals surface area (Å²) in [6, 6.07) is 3.79. The molecule has 0 aromatic heterocycles. The monoisotopic (exact) mass is 347 g/mol. The number of amides is 1. The maximum absolute atomic E-state index is 12.9. The molecular weight excluding hydrogens is 333 g/mol. The highest BCUT2D eigenvalue weighted by Gasteiger charge is 2.32. The van der Waals surface area contributed by atoms with Gasteiger partial charge in [-0.1, -0.05) is 6.92 Å². The van der Waals surface area contributed by atoms with E-state index >= 15 is 0 Å². The standard InChI is InChI=1S/C13H15BrFNO4/c1-3-13(2,12(18)19)16-11(17)7-20-10-5-4-8(15)6-9(10)14/h4-6H,3,7H2,1-2H3,(H,16,17)(H,18,19). The second-order valence-corrected chi connectivity index (χ2v) is 5.26. The molecule has 0 saturated heterocycles. The number of carbonyl (C=O) groups is 2. The number of nitrogens with one attached hydrogen (secondary N) is 1. The SMILES string of the molecule is CCC(C)(NC(=O)COc1ccc(F)cc1Br)C(=O)O. The van der Waals surface area contributed by atoms with Gasteiger partial charge in [0.05, 0.1) is 4.47 Å². The number of carboxylic acids is 1. The van der Waals surface area contributed by atoms with E-state index in [1.54, 1.807) is 6.92 Å². The molecule has 0 spiro atoms. The zero-order chi connectivity index (χ0) is 15.3. The average Bonchev–Trinajstić information content (AvgIpc) is 2.37. The first kappa shape index (κ1) is 16.4. The van der Waals surface area contributed by atoms with Crippen LogP contribution < -0.4 is 10.1 Å². The van der Waals surface area contributed by atoms with Crippen LogP contribution in [0.2, 0.25) is 0 Å². The van der Waals surface area contributed by atoms with Crippen molar-refractivity contribution in [1.82, 2.24) is 5.32 Å². The summed E-state index contributed by atoms with van der Waals surface area (Å²) >= 11 is 3.10. The van der Waals surface area contributed by atoms with Gasteiger partial charge in [-0.3, -0.25) is 4.79 Å². The summed E-state index contributed by atoms with van der Waals surface area (Å²) in [6.45, 7) is 2.72. The number of aliphatic carboxylic acids is 1. The van der Waals surface area contributed by atoms with Gasteiger partial charge in [-0.05, 0) is 47.5 Å². The minimum atomic E-state index is -1.33. The zero-order valence-electron chi connectivity index (χ0n) is 11.1. The molecule has 5 nitrogen and oxygen atoms in total. The van der Waals surface area contributed by atoms with Crippen molar-refractivity contribution in [3.05, 3.63) is 28.5 Å². The predicted molar refractivity (Wildman–Crippen MR) is 74.1 cm³/mol. The van der Waals surface area contributed by atoms with Gasteiger partial charge in [-0.2, -0.15) is 0 Å². The zero-order valence-corrected chi connectivity index (χ0v) is 12.7. The molecule has 0 bridgehead atoms. The van der Waals surface area contributed by atoms with Crippen LogP contribution in [-0.2, 0) is 9.59 Å². The van der Waals surface area contributed by atoms with Gasteiger partial charge < -0.3 is 15.2 Å². The van der Waals surface area contributed by atoms with E-state index in [4.69, 9.17) is 9.84 Å². The van der Waals surface area contributed by atoms with Crippen LogP contribution in [0.3, 0.4) is 0 Å². The van der Waals surface area contributed by atoms with E-state index in [0.717, 1.165) is 0 Å². The maximum Gasteiger partial charge on any atom is 0.329 e. The summed E-state index contributed by atoms with van der Waals surface area (Å²) in [5, 5.41) is 11.4. The molecular formula is C13H15BrFNO4. The van der Waals surface area contributed by atoms with E-state index in [1.165, 1.54) is 25.1 Å². The van der Waals surface area contributed by atoms with E-state index in [1.807, 2.05) is 0 Å². The number of hydrogen-bond acceptors (Lipinski definition) is 3. The summed E-state index contributed by atoms with van der Waals surface area (Å²) in [5.41, 5.74) is -1.33. The first-order chi connectivity index (χ1) is 9.28. The third-order valence-electron chi connectivity index (χ3n) is 2.85. The van der Waals surface area contributed by atoms with E-state index in [2.05, 4.69) is 21.2 Å². The molecule has 1 unspecified atom stereocenters. The van der Waals surface area contributed by atoms with E-state index in [0.29, 0.717) is 10.2 Å². The van der Waals surface area contributed by atoms with Crippen molar-refractivity contribution in [3.63, 3.8) is 0 Å². The number of rotatable bonds is 6. The molecule has 110 valence electrons. The molecule has 0 aliphatic carbocycles. The first-order valence-electron chi connectivity index (χ1n) is 5.90. The highest BCUT2D eigenvalue weighted by molar-refractivity contribution is 9.10. The van der Waals surface area contributed by atoms with E-state index in [-0.39, 0.29) is 13.0 Å². The van der Waals surface area contributed by atoms with Gasteiger partial charge in [-0.15, -0.1) is 0 Å². The van der Waals surface area contributed by atoms with Crippen LogP contribution in [0.4, 0.5) is 4.39 Å². The lowest BCUT2D eigenvalue weighted by Gasteiger charge is -2.24. The number of hydrogen-bond donors (Lipinski definition) is 2. The fourth-order valence-electron chi connectivity index (χ4n) is 1.37. The van der Waals surface area contributed by atoms with Gasteiger partial charge in [0, 0.05) is 0 Å². The lowest BCUT2D eigenvalue weighted by molar-refractivity contribution is -0.147. The van der Waals surface area contributed by atoms with Gasteiger partial charge in [0.25, 0.3) is 5.91 Å². The largest absolute Gasteiger partial charge is 0.483 e. The van der Waals surface area contributed by atoms with Crippen molar-refractivity contribution in [2.24, 2.45) is 0 Å². The minimum absolute atomic E-state index is 0.244. The summed E-state index contributed by atoms with van der Waals surface area (Å²) in [4.78, 5) is 22.7. The molecule has 0 heterocycles. The van der Waals surface area contributed by atoms with Crippen molar-refractivity contribution < 1.29 is 23.8 Å². The predicted octanol–water partition coefficient (Wildman–Crippen LogP) is 2.34. The quantitative estimate of drug-likeness (QED) is 0.828. The minimum Gasteiger partial charge on any atom is -0.483 e. The Morgan fingerprint density at radius 2 is 2.15 bits per heavy atom. The van der Waals surface area contributed by atoms with Crippen LogP contribution in [0.1, 0.15) is 20.3 Å². The topological polar surface area (TPSA) is 75.6 Å². The van der Waals surface area contributed by atoms with Gasteiger partial charge >= 0.3 is 5.97 Å². The Balaban J connectivity index is 2.62. The van der Waals surface area contributed by atoms with Gasteiger partial charge in [0.1, 0.15) is 17.1 Å². The Bertz CT molecular complexity index is 523. The number of carbonyl (C=O) groups excluding carboxylic acids is 1. The van der Waals surface area contributed by atoms with Crippen LogP contribution in [0.25, 0.3) is 0 Å². The fraction of sp³-hybridized carbons (Fsp3) is 0.385. The number of halogens is 2. The molecule has 7 heteroatoms. The van der Waals surface area contributed by atoms with Crippen molar-refractivity contribution >= 4 is 27.8 Å². The van der Waals surface area contributed by atoms with Crippen molar-refractivity contribution in [2.45, 2.75) is 25.8 Å². The average molecular weight is 348 g/mol. The molecule has 1 aromatic carbocycles. The number of ether oxygens (including phenoxy) is 1. The summed E-state index contributed by atoms with van der Waals surface area (Å²) in [7, 11) is 0. The molecule has 0 saturated carbocycles. The second kappa shape index (κ2) is 6.69. The Labute approximate surface area is 124 Å². The van der Waals surface area contributed by atoms with Crippen molar-refractivity contribution in [2.75, 3.05) is 6.61 Å². The highest BCUT2D eigenvalue weighted by atomic mass is 79.9. The molecule has 0 aliphatic rings. The molecule has 0 fully saturated rings.